The van der Waals surface area contributed by atoms with Crippen LogP contribution in [-0.2, 0) is 11.8 Å². The monoisotopic (exact) mass is 305 g/mol. The lowest BCUT2D eigenvalue weighted by Gasteiger charge is -1.98. The first-order chi connectivity index (χ1) is 9.97. The Labute approximate surface area is 125 Å². The fourth-order valence-corrected chi connectivity index (χ4v) is 2.53. The second kappa shape index (κ2) is 6.31. The second-order valence-corrected chi connectivity index (χ2v) is 5.36. The van der Waals surface area contributed by atoms with Crippen LogP contribution >= 0.6 is 11.3 Å². The Kier molecular flexibility index (Phi) is 4.49. The molecule has 0 atom stereocenters. The molecule has 0 aromatic carbocycles. The molecular weight excluding hydrogens is 290 g/mol. The topological polar surface area (TPSA) is 88.4 Å². The molecule has 110 valence electrons. The minimum atomic E-state index is -0.355. The van der Waals surface area contributed by atoms with Gasteiger partial charge in [-0.15, -0.1) is 0 Å². The predicted molar refractivity (Wildman–Crippen MR) is 81.6 cm³/mol. The van der Waals surface area contributed by atoms with E-state index < -0.39 is 0 Å². The standard InChI is InChI=1S/C13H15N5O2S/c1-8-11(21-13(15-8)16-9(2)19)12(20)17-14-7-10-5-4-6-18(10)3/h4-7H,1-3H3,(H,17,20)(H,15,16,19)/b14-7+. The summed E-state index contributed by atoms with van der Waals surface area (Å²) in [5, 5.41) is 6.86. The molecule has 0 unspecified atom stereocenters. The minimum absolute atomic E-state index is 0.225. The summed E-state index contributed by atoms with van der Waals surface area (Å²) >= 11 is 1.11. The van der Waals surface area contributed by atoms with Gasteiger partial charge < -0.3 is 9.88 Å². The molecule has 2 heterocycles. The summed E-state index contributed by atoms with van der Waals surface area (Å²) in [7, 11) is 1.89. The molecule has 0 aliphatic heterocycles. The first-order valence-corrected chi connectivity index (χ1v) is 6.99. The van der Waals surface area contributed by atoms with E-state index in [-0.39, 0.29) is 11.8 Å². The molecule has 21 heavy (non-hydrogen) atoms. The van der Waals surface area contributed by atoms with Crippen molar-refractivity contribution in [1.82, 2.24) is 15.0 Å². The van der Waals surface area contributed by atoms with Gasteiger partial charge >= 0.3 is 0 Å². The molecule has 0 bridgehead atoms. The van der Waals surface area contributed by atoms with Crippen LogP contribution in [0.3, 0.4) is 0 Å². The van der Waals surface area contributed by atoms with Crippen LogP contribution in [0.25, 0.3) is 0 Å². The molecule has 8 heteroatoms. The number of carbonyl (C=O) groups is 2. The van der Waals surface area contributed by atoms with Gasteiger partial charge in [-0.2, -0.15) is 5.10 Å². The molecule has 7 nitrogen and oxygen atoms in total. The van der Waals surface area contributed by atoms with Gasteiger partial charge in [0.1, 0.15) is 4.88 Å². The third-order valence-electron chi connectivity index (χ3n) is 2.63. The number of amides is 2. The van der Waals surface area contributed by atoms with Crippen molar-refractivity contribution in [3.8, 4) is 0 Å². The van der Waals surface area contributed by atoms with Gasteiger partial charge in [-0.05, 0) is 19.1 Å². The van der Waals surface area contributed by atoms with Crippen molar-refractivity contribution < 1.29 is 9.59 Å². The van der Waals surface area contributed by atoms with Gasteiger partial charge in [0.05, 0.1) is 17.6 Å². The Morgan fingerprint density at radius 1 is 1.48 bits per heavy atom. The lowest BCUT2D eigenvalue weighted by atomic mass is 10.4. The number of anilines is 1. The van der Waals surface area contributed by atoms with Crippen LogP contribution in [0.5, 0.6) is 0 Å². The highest BCUT2D eigenvalue weighted by Crippen LogP contribution is 2.22. The van der Waals surface area contributed by atoms with E-state index in [1.54, 1.807) is 13.1 Å². The zero-order valence-corrected chi connectivity index (χ0v) is 12.7. The van der Waals surface area contributed by atoms with Crippen LogP contribution in [0.4, 0.5) is 5.13 Å². The summed E-state index contributed by atoms with van der Waals surface area (Å²) in [5.41, 5.74) is 3.87. The zero-order chi connectivity index (χ0) is 15.4. The van der Waals surface area contributed by atoms with Gasteiger partial charge in [0, 0.05) is 20.2 Å². The lowest BCUT2D eigenvalue weighted by Crippen LogP contribution is -2.17. The van der Waals surface area contributed by atoms with E-state index in [4.69, 9.17) is 0 Å². The Hall–Kier alpha value is -2.48. The normalized spacial score (nSPS) is 10.8. The van der Waals surface area contributed by atoms with E-state index >= 15 is 0 Å². The van der Waals surface area contributed by atoms with Crippen LogP contribution in [-0.4, -0.2) is 27.6 Å². The van der Waals surface area contributed by atoms with Gasteiger partial charge in [0.25, 0.3) is 5.91 Å². The second-order valence-electron chi connectivity index (χ2n) is 4.36. The number of thiazole rings is 1. The molecule has 0 aliphatic carbocycles. The average molecular weight is 305 g/mol. The molecular formula is C13H15N5O2S. The first kappa shape index (κ1) is 14.9. The van der Waals surface area contributed by atoms with Crippen molar-refractivity contribution in [3.63, 3.8) is 0 Å². The summed E-state index contributed by atoms with van der Waals surface area (Å²) in [4.78, 5) is 27.5. The average Bonchev–Trinajstić information content (AvgIpc) is 2.95. The molecule has 2 aromatic heterocycles. The van der Waals surface area contributed by atoms with E-state index in [0.717, 1.165) is 17.0 Å². The van der Waals surface area contributed by atoms with E-state index in [1.165, 1.54) is 6.92 Å². The Bertz CT molecular complexity index is 701. The number of hydrazone groups is 1. The Balaban J connectivity index is 2.03. The highest BCUT2D eigenvalue weighted by atomic mass is 32.1. The van der Waals surface area contributed by atoms with E-state index in [1.807, 2.05) is 29.9 Å². The number of nitrogens with zero attached hydrogens (tertiary/aromatic N) is 3. The van der Waals surface area contributed by atoms with Gasteiger partial charge in [-0.3, -0.25) is 9.59 Å². The SMILES string of the molecule is CC(=O)Nc1nc(C)c(C(=O)N/N=C/c2cccn2C)s1. The zero-order valence-electron chi connectivity index (χ0n) is 11.9. The van der Waals surface area contributed by atoms with Gasteiger partial charge in [0.2, 0.25) is 5.91 Å². The fourth-order valence-electron chi connectivity index (χ4n) is 1.63. The molecule has 2 rings (SSSR count). The molecule has 2 amide bonds. The third-order valence-corrected chi connectivity index (χ3v) is 3.70. The van der Waals surface area contributed by atoms with Crippen molar-refractivity contribution in [1.29, 1.82) is 0 Å². The van der Waals surface area contributed by atoms with Gasteiger partial charge in [0.15, 0.2) is 5.13 Å². The molecule has 0 spiro atoms. The fraction of sp³-hybridized carbons (Fsp3) is 0.231. The number of rotatable bonds is 4. The highest BCUT2D eigenvalue weighted by Gasteiger charge is 2.15. The van der Waals surface area contributed by atoms with Crippen molar-refractivity contribution in [2.75, 3.05) is 5.32 Å². The van der Waals surface area contributed by atoms with Gasteiger partial charge in [-0.25, -0.2) is 10.4 Å². The van der Waals surface area contributed by atoms with Crippen LogP contribution in [0.2, 0.25) is 0 Å². The van der Waals surface area contributed by atoms with Crippen LogP contribution < -0.4 is 10.7 Å². The molecule has 0 saturated heterocycles. The third kappa shape index (κ3) is 3.76. The van der Waals surface area contributed by atoms with E-state index in [9.17, 15) is 9.59 Å². The summed E-state index contributed by atoms with van der Waals surface area (Å²) in [6.07, 6.45) is 3.44. The minimum Gasteiger partial charge on any atom is -0.350 e. The molecule has 0 radical (unpaired) electrons. The van der Waals surface area contributed by atoms with Crippen molar-refractivity contribution >= 4 is 34.5 Å². The predicted octanol–water partition coefficient (Wildman–Crippen LogP) is 1.51. The summed E-state index contributed by atoms with van der Waals surface area (Å²) in [6, 6.07) is 3.76. The van der Waals surface area contributed by atoms with Crippen LogP contribution in [0, 0.1) is 6.92 Å². The lowest BCUT2D eigenvalue weighted by molar-refractivity contribution is -0.114. The molecule has 0 aliphatic rings. The summed E-state index contributed by atoms with van der Waals surface area (Å²) in [5.74, 6) is -0.579. The Morgan fingerprint density at radius 3 is 2.86 bits per heavy atom. The smallest absolute Gasteiger partial charge is 0.283 e. The quantitative estimate of drug-likeness (QED) is 0.663. The number of nitrogens with one attached hydrogen (secondary N) is 2. The highest BCUT2D eigenvalue weighted by molar-refractivity contribution is 7.17. The van der Waals surface area contributed by atoms with Crippen molar-refractivity contribution in [3.05, 3.63) is 34.6 Å². The number of aromatic nitrogens is 2. The largest absolute Gasteiger partial charge is 0.350 e. The van der Waals surface area contributed by atoms with Crippen molar-refractivity contribution in [2.24, 2.45) is 12.1 Å². The summed E-state index contributed by atoms with van der Waals surface area (Å²) < 4.78 is 1.88. The number of carbonyl (C=O) groups excluding carboxylic acids is 2. The maximum absolute atomic E-state index is 12.0. The molecule has 2 N–H and O–H groups in total. The van der Waals surface area contributed by atoms with Crippen LogP contribution in [0.15, 0.2) is 23.4 Å². The maximum Gasteiger partial charge on any atom is 0.283 e. The maximum atomic E-state index is 12.0. The number of hydrogen-bond donors (Lipinski definition) is 2. The van der Waals surface area contributed by atoms with Crippen molar-refractivity contribution in [2.45, 2.75) is 13.8 Å². The number of hydrogen-bond acceptors (Lipinski definition) is 5. The summed E-state index contributed by atoms with van der Waals surface area (Å²) in [6.45, 7) is 3.10. The first-order valence-electron chi connectivity index (χ1n) is 6.17. The molecule has 0 fully saturated rings. The number of aryl methyl sites for hydroxylation is 2. The van der Waals surface area contributed by atoms with E-state index in [0.29, 0.717) is 15.7 Å². The van der Waals surface area contributed by atoms with Gasteiger partial charge in [-0.1, -0.05) is 11.3 Å². The molecule has 2 aromatic rings. The Morgan fingerprint density at radius 2 is 2.24 bits per heavy atom. The van der Waals surface area contributed by atoms with E-state index in [2.05, 4.69) is 20.8 Å². The molecule has 0 saturated carbocycles. The van der Waals surface area contributed by atoms with Crippen LogP contribution in [0.1, 0.15) is 28.0 Å².